The van der Waals surface area contributed by atoms with Gasteiger partial charge in [0.15, 0.2) is 11.9 Å². The standard InChI is InChI=1S/C16H18N2O5S/c1-9-8-14(23-18-9)17-16(21)11(3)22-15(20)7-5-12(19)13-6-4-10(2)24-13/h4,6,8,11H,5,7H2,1-3H3,(H,17,21). The number of carbonyl (C=O) groups excluding carboxylic acids is 3. The average molecular weight is 350 g/mol. The van der Waals surface area contributed by atoms with Gasteiger partial charge in [-0.1, -0.05) is 5.16 Å². The lowest BCUT2D eigenvalue weighted by atomic mass is 10.2. The summed E-state index contributed by atoms with van der Waals surface area (Å²) in [5.41, 5.74) is 0.622. The number of esters is 1. The highest BCUT2D eigenvalue weighted by atomic mass is 32.1. The number of anilines is 1. The quantitative estimate of drug-likeness (QED) is 0.609. The van der Waals surface area contributed by atoms with Crippen LogP contribution in [0.4, 0.5) is 5.88 Å². The molecular weight excluding hydrogens is 332 g/mol. The number of hydrogen-bond acceptors (Lipinski definition) is 7. The van der Waals surface area contributed by atoms with Crippen molar-refractivity contribution in [3.63, 3.8) is 0 Å². The number of aromatic nitrogens is 1. The van der Waals surface area contributed by atoms with Crippen LogP contribution >= 0.6 is 11.3 Å². The van der Waals surface area contributed by atoms with Gasteiger partial charge in [-0.15, -0.1) is 11.3 Å². The van der Waals surface area contributed by atoms with Gasteiger partial charge in [-0.25, -0.2) is 0 Å². The summed E-state index contributed by atoms with van der Waals surface area (Å²) in [5.74, 6) is -1.06. The fourth-order valence-corrected chi connectivity index (χ4v) is 2.71. The minimum absolute atomic E-state index is 0.0500. The van der Waals surface area contributed by atoms with Crippen LogP contribution in [0, 0.1) is 13.8 Å². The Morgan fingerprint density at radius 2 is 2.04 bits per heavy atom. The lowest BCUT2D eigenvalue weighted by molar-refractivity contribution is -0.153. The van der Waals surface area contributed by atoms with E-state index in [0.717, 1.165) is 4.88 Å². The molecule has 8 heteroatoms. The van der Waals surface area contributed by atoms with Crippen molar-refractivity contribution in [2.24, 2.45) is 0 Å². The monoisotopic (exact) mass is 350 g/mol. The molecule has 24 heavy (non-hydrogen) atoms. The molecule has 7 nitrogen and oxygen atoms in total. The van der Waals surface area contributed by atoms with Gasteiger partial charge in [0.25, 0.3) is 5.91 Å². The lowest BCUT2D eigenvalue weighted by Gasteiger charge is -2.11. The maximum absolute atomic E-state index is 11.9. The molecule has 0 fully saturated rings. The summed E-state index contributed by atoms with van der Waals surface area (Å²) in [6.07, 6.45) is -1.02. The van der Waals surface area contributed by atoms with Gasteiger partial charge in [-0.3, -0.25) is 19.7 Å². The van der Waals surface area contributed by atoms with Gasteiger partial charge in [0, 0.05) is 17.4 Å². The number of amides is 1. The first-order valence-electron chi connectivity index (χ1n) is 7.38. The summed E-state index contributed by atoms with van der Waals surface area (Å²) < 4.78 is 9.87. The van der Waals surface area contributed by atoms with Crippen molar-refractivity contribution >= 4 is 34.9 Å². The zero-order valence-corrected chi connectivity index (χ0v) is 14.4. The maximum Gasteiger partial charge on any atom is 0.307 e. The van der Waals surface area contributed by atoms with E-state index in [1.165, 1.54) is 18.3 Å². The van der Waals surface area contributed by atoms with Gasteiger partial charge in [0.05, 0.1) is 17.0 Å². The number of Topliss-reactive ketones (excluding diaryl/α,β-unsaturated/α-hetero) is 1. The Morgan fingerprint density at radius 1 is 1.29 bits per heavy atom. The number of ketones is 1. The summed E-state index contributed by atoms with van der Waals surface area (Å²) in [6, 6.07) is 5.14. The molecule has 1 amide bonds. The average Bonchev–Trinajstić information content (AvgIpc) is 3.13. The van der Waals surface area contributed by atoms with Crippen molar-refractivity contribution < 1.29 is 23.6 Å². The number of carbonyl (C=O) groups is 3. The second-order valence-corrected chi connectivity index (χ2v) is 6.58. The molecule has 0 radical (unpaired) electrons. The van der Waals surface area contributed by atoms with Crippen molar-refractivity contribution in [1.29, 1.82) is 0 Å². The molecule has 0 aliphatic heterocycles. The van der Waals surface area contributed by atoms with E-state index in [4.69, 9.17) is 9.26 Å². The smallest absolute Gasteiger partial charge is 0.307 e. The van der Waals surface area contributed by atoms with Crippen LogP contribution in [0.1, 0.15) is 40.0 Å². The molecule has 2 heterocycles. The van der Waals surface area contributed by atoms with E-state index in [1.807, 2.05) is 13.0 Å². The normalized spacial score (nSPS) is 11.8. The summed E-state index contributed by atoms with van der Waals surface area (Å²) in [5, 5.41) is 6.09. The van der Waals surface area contributed by atoms with Crippen LogP contribution in [0.5, 0.6) is 0 Å². The molecule has 0 aliphatic carbocycles. The number of aryl methyl sites for hydroxylation is 2. The molecule has 0 bridgehead atoms. The number of ether oxygens (including phenoxy) is 1. The first kappa shape index (κ1) is 17.9. The molecule has 1 atom stereocenters. The molecule has 128 valence electrons. The Hall–Kier alpha value is -2.48. The van der Waals surface area contributed by atoms with Crippen molar-refractivity contribution in [1.82, 2.24) is 5.16 Å². The molecule has 0 aliphatic rings. The molecule has 2 aromatic rings. The van der Waals surface area contributed by atoms with Crippen LogP contribution in [0.15, 0.2) is 22.7 Å². The zero-order valence-electron chi connectivity index (χ0n) is 13.6. The SMILES string of the molecule is Cc1cc(NC(=O)C(C)OC(=O)CCC(=O)c2ccc(C)s2)on1. The Kier molecular flexibility index (Phi) is 5.86. The Morgan fingerprint density at radius 3 is 2.62 bits per heavy atom. The van der Waals surface area contributed by atoms with E-state index in [2.05, 4.69) is 10.5 Å². The van der Waals surface area contributed by atoms with Crippen LogP contribution < -0.4 is 5.32 Å². The lowest BCUT2D eigenvalue weighted by Crippen LogP contribution is -2.29. The fraction of sp³-hybridized carbons (Fsp3) is 0.375. The third-order valence-electron chi connectivity index (χ3n) is 3.12. The van der Waals surface area contributed by atoms with E-state index >= 15 is 0 Å². The summed E-state index contributed by atoms with van der Waals surface area (Å²) >= 11 is 1.39. The maximum atomic E-state index is 11.9. The van der Waals surface area contributed by atoms with Crippen molar-refractivity contribution in [2.45, 2.75) is 39.7 Å². The Bertz CT molecular complexity index is 749. The predicted molar refractivity (Wildman–Crippen MR) is 88.0 cm³/mol. The van der Waals surface area contributed by atoms with E-state index in [9.17, 15) is 14.4 Å². The number of thiophene rings is 1. The third kappa shape index (κ3) is 5.02. The number of nitrogens with one attached hydrogen (secondary N) is 1. The minimum atomic E-state index is -0.998. The highest BCUT2D eigenvalue weighted by Gasteiger charge is 2.20. The van der Waals surface area contributed by atoms with Gasteiger partial charge < -0.3 is 9.26 Å². The van der Waals surface area contributed by atoms with Crippen molar-refractivity contribution in [3.05, 3.63) is 33.6 Å². The van der Waals surface area contributed by atoms with Gasteiger partial charge in [-0.2, -0.15) is 0 Å². The largest absolute Gasteiger partial charge is 0.453 e. The number of hydrogen-bond donors (Lipinski definition) is 1. The summed E-state index contributed by atoms with van der Waals surface area (Å²) in [4.78, 5) is 37.2. The van der Waals surface area contributed by atoms with Gasteiger partial charge in [-0.05, 0) is 32.9 Å². The molecule has 0 aromatic carbocycles. The highest BCUT2D eigenvalue weighted by Crippen LogP contribution is 2.17. The molecular formula is C16H18N2O5S. The summed E-state index contributed by atoms with van der Waals surface area (Å²) in [6.45, 7) is 5.07. The van der Waals surface area contributed by atoms with Crippen LogP contribution in [-0.4, -0.2) is 28.9 Å². The third-order valence-corrected chi connectivity index (χ3v) is 4.16. The molecule has 0 saturated heterocycles. The Balaban J connectivity index is 1.76. The molecule has 2 rings (SSSR count). The van der Waals surface area contributed by atoms with Crippen LogP contribution in [0.25, 0.3) is 0 Å². The predicted octanol–water partition coefficient (Wildman–Crippen LogP) is 2.89. The topological polar surface area (TPSA) is 98.5 Å². The van der Waals surface area contributed by atoms with Crippen molar-refractivity contribution in [2.75, 3.05) is 5.32 Å². The van der Waals surface area contributed by atoms with Gasteiger partial charge >= 0.3 is 5.97 Å². The van der Waals surface area contributed by atoms with Crippen LogP contribution in [0.3, 0.4) is 0 Å². The molecule has 0 saturated carbocycles. The Labute approximate surface area is 143 Å². The first-order valence-corrected chi connectivity index (χ1v) is 8.20. The van der Waals surface area contributed by atoms with Crippen LogP contribution in [-0.2, 0) is 14.3 Å². The molecule has 0 spiro atoms. The number of rotatable bonds is 7. The first-order chi connectivity index (χ1) is 11.3. The van der Waals surface area contributed by atoms with Gasteiger partial charge in [0.1, 0.15) is 0 Å². The highest BCUT2D eigenvalue weighted by molar-refractivity contribution is 7.14. The second-order valence-electron chi connectivity index (χ2n) is 5.29. The van der Waals surface area contributed by atoms with Crippen molar-refractivity contribution in [3.8, 4) is 0 Å². The molecule has 1 unspecified atom stereocenters. The van der Waals surface area contributed by atoms with E-state index in [-0.39, 0.29) is 24.5 Å². The van der Waals surface area contributed by atoms with Crippen LogP contribution in [0.2, 0.25) is 0 Å². The zero-order chi connectivity index (χ0) is 17.7. The fourth-order valence-electron chi connectivity index (χ4n) is 1.88. The van der Waals surface area contributed by atoms with E-state index < -0.39 is 18.0 Å². The summed E-state index contributed by atoms with van der Waals surface area (Å²) in [7, 11) is 0. The minimum Gasteiger partial charge on any atom is -0.453 e. The van der Waals surface area contributed by atoms with Gasteiger partial charge in [0.2, 0.25) is 5.88 Å². The van der Waals surface area contributed by atoms with E-state index in [1.54, 1.807) is 19.1 Å². The van der Waals surface area contributed by atoms with E-state index in [0.29, 0.717) is 10.6 Å². The number of nitrogens with zero attached hydrogens (tertiary/aromatic N) is 1. The molecule has 1 N–H and O–H groups in total. The molecule has 2 aromatic heterocycles. The second kappa shape index (κ2) is 7.87.